The molecule has 0 aliphatic heterocycles. The van der Waals surface area contributed by atoms with Crippen molar-refractivity contribution >= 4 is 22.5 Å². The number of aromatic nitrogens is 2. The fourth-order valence-electron chi connectivity index (χ4n) is 2.09. The standard InChI is InChI=1S/C16H16N2O2S/c1-10(2)21-9-14-17-16(20-18-14)13-8-7-11-5-3-4-6-12(11)15(13)19/h3-8,10,19H,9H2,1-2H3. The Hall–Kier alpha value is -2.01. The molecule has 0 aliphatic carbocycles. The van der Waals surface area contributed by atoms with Crippen molar-refractivity contribution in [1.29, 1.82) is 0 Å². The molecule has 1 N–H and O–H groups in total. The van der Waals surface area contributed by atoms with Gasteiger partial charge in [0.25, 0.3) is 5.89 Å². The van der Waals surface area contributed by atoms with Gasteiger partial charge in [0.15, 0.2) is 5.82 Å². The highest BCUT2D eigenvalue weighted by molar-refractivity contribution is 7.99. The Morgan fingerprint density at radius 3 is 2.81 bits per heavy atom. The van der Waals surface area contributed by atoms with Crippen LogP contribution in [0.3, 0.4) is 0 Å². The van der Waals surface area contributed by atoms with Gasteiger partial charge in [-0.2, -0.15) is 16.7 Å². The quantitative estimate of drug-likeness (QED) is 0.781. The van der Waals surface area contributed by atoms with Crippen LogP contribution in [0, 0.1) is 0 Å². The Balaban J connectivity index is 1.95. The van der Waals surface area contributed by atoms with Gasteiger partial charge in [0.1, 0.15) is 5.75 Å². The van der Waals surface area contributed by atoms with E-state index in [1.807, 2.05) is 36.4 Å². The van der Waals surface area contributed by atoms with Gasteiger partial charge in [-0.25, -0.2) is 0 Å². The maximum absolute atomic E-state index is 10.4. The molecule has 1 heterocycles. The third-order valence-corrected chi connectivity index (χ3v) is 4.24. The minimum atomic E-state index is 0.180. The molecular formula is C16H16N2O2S. The van der Waals surface area contributed by atoms with Crippen molar-refractivity contribution in [3.05, 3.63) is 42.2 Å². The van der Waals surface area contributed by atoms with Crippen molar-refractivity contribution in [3.63, 3.8) is 0 Å². The summed E-state index contributed by atoms with van der Waals surface area (Å²) < 4.78 is 5.28. The summed E-state index contributed by atoms with van der Waals surface area (Å²) in [5.41, 5.74) is 0.571. The lowest BCUT2D eigenvalue weighted by Crippen LogP contribution is -1.90. The maximum Gasteiger partial charge on any atom is 0.261 e. The predicted molar refractivity (Wildman–Crippen MR) is 85.3 cm³/mol. The lowest BCUT2D eigenvalue weighted by atomic mass is 10.1. The molecular weight excluding hydrogens is 284 g/mol. The third kappa shape index (κ3) is 2.88. The molecule has 0 unspecified atom stereocenters. The van der Waals surface area contributed by atoms with Crippen LogP contribution in [0.5, 0.6) is 5.75 Å². The van der Waals surface area contributed by atoms with Crippen LogP contribution in [0.25, 0.3) is 22.2 Å². The molecule has 108 valence electrons. The SMILES string of the molecule is CC(C)SCc1noc(-c2ccc3ccccc3c2O)n1. The topological polar surface area (TPSA) is 59.2 Å². The second-order valence-corrected chi connectivity index (χ2v) is 6.62. The van der Waals surface area contributed by atoms with E-state index >= 15 is 0 Å². The molecule has 0 saturated heterocycles. The number of hydrogen-bond donors (Lipinski definition) is 1. The van der Waals surface area contributed by atoms with Gasteiger partial charge < -0.3 is 9.63 Å². The van der Waals surface area contributed by atoms with Gasteiger partial charge in [-0.15, -0.1) is 0 Å². The Morgan fingerprint density at radius 1 is 1.19 bits per heavy atom. The van der Waals surface area contributed by atoms with Gasteiger partial charge in [-0.3, -0.25) is 0 Å². The zero-order chi connectivity index (χ0) is 14.8. The number of phenols is 1. The number of fused-ring (bicyclic) bond motifs is 1. The van der Waals surface area contributed by atoms with Crippen molar-refractivity contribution in [2.75, 3.05) is 0 Å². The van der Waals surface area contributed by atoms with E-state index in [1.165, 1.54) is 0 Å². The van der Waals surface area contributed by atoms with Crippen LogP contribution in [0.4, 0.5) is 0 Å². The van der Waals surface area contributed by atoms with E-state index in [0.717, 1.165) is 10.8 Å². The second kappa shape index (κ2) is 5.77. The fraction of sp³-hybridized carbons (Fsp3) is 0.250. The molecule has 1 aromatic heterocycles. The van der Waals surface area contributed by atoms with E-state index < -0.39 is 0 Å². The molecule has 0 saturated carbocycles. The fourth-order valence-corrected chi connectivity index (χ4v) is 2.69. The summed E-state index contributed by atoms with van der Waals surface area (Å²) in [5, 5.41) is 16.6. The van der Waals surface area contributed by atoms with Gasteiger partial charge in [0.2, 0.25) is 0 Å². The first-order valence-electron chi connectivity index (χ1n) is 6.80. The lowest BCUT2D eigenvalue weighted by molar-refractivity contribution is 0.420. The van der Waals surface area contributed by atoms with Crippen LogP contribution in [-0.2, 0) is 5.75 Å². The molecule has 0 spiro atoms. The summed E-state index contributed by atoms with van der Waals surface area (Å²) in [5.74, 6) is 1.89. The summed E-state index contributed by atoms with van der Waals surface area (Å²) in [7, 11) is 0. The van der Waals surface area contributed by atoms with Crippen molar-refractivity contribution in [2.24, 2.45) is 0 Å². The van der Waals surface area contributed by atoms with Gasteiger partial charge >= 0.3 is 0 Å². The number of phenolic OH excluding ortho intramolecular Hbond substituents is 1. The lowest BCUT2D eigenvalue weighted by Gasteiger charge is -2.04. The minimum absolute atomic E-state index is 0.180. The summed E-state index contributed by atoms with van der Waals surface area (Å²) in [6.07, 6.45) is 0. The molecule has 5 heteroatoms. The number of rotatable bonds is 4. The average Bonchev–Trinajstić information content (AvgIpc) is 2.94. The average molecular weight is 300 g/mol. The Morgan fingerprint density at radius 2 is 2.00 bits per heavy atom. The third-order valence-electron chi connectivity index (χ3n) is 3.14. The molecule has 21 heavy (non-hydrogen) atoms. The molecule has 4 nitrogen and oxygen atoms in total. The Bertz CT molecular complexity index is 768. The minimum Gasteiger partial charge on any atom is -0.506 e. The first-order chi connectivity index (χ1) is 10.1. The van der Waals surface area contributed by atoms with E-state index in [0.29, 0.717) is 28.3 Å². The molecule has 0 aliphatic rings. The highest BCUT2D eigenvalue weighted by atomic mass is 32.2. The molecule has 3 aromatic rings. The van der Waals surface area contributed by atoms with Crippen LogP contribution < -0.4 is 0 Å². The number of aromatic hydroxyl groups is 1. The molecule has 2 aromatic carbocycles. The van der Waals surface area contributed by atoms with Crippen molar-refractivity contribution in [3.8, 4) is 17.2 Å². The second-order valence-electron chi connectivity index (χ2n) is 5.06. The van der Waals surface area contributed by atoms with E-state index in [9.17, 15) is 5.11 Å². The summed E-state index contributed by atoms with van der Waals surface area (Å²) in [6, 6.07) is 11.4. The largest absolute Gasteiger partial charge is 0.506 e. The maximum atomic E-state index is 10.4. The smallest absolute Gasteiger partial charge is 0.261 e. The molecule has 0 radical (unpaired) electrons. The summed E-state index contributed by atoms with van der Waals surface area (Å²) in [4.78, 5) is 4.36. The summed E-state index contributed by atoms with van der Waals surface area (Å²) >= 11 is 1.75. The van der Waals surface area contributed by atoms with E-state index in [2.05, 4.69) is 24.0 Å². The monoisotopic (exact) mass is 300 g/mol. The van der Waals surface area contributed by atoms with Crippen LogP contribution >= 0.6 is 11.8 Å². The normalized spacial score (nSPS) is 11.4. The van der Waals surface area contributed by atoms with Crippen LogP contribution in [0.15, 0.2) is 40.9 Å². The summed E-state index contributed by atoms with van der Waals surface area (Å²) in [6.45, 7) is 4.25. The number of benzene rings is 2. The van der Waals surface area contributed by atoms with Crippen LogP contribution in [0.1, 0.15) is 19.7 Å². The Labute approximate surface area is 127 Å². The zero-order valence-electron chi connectivity index (χ0n) is 11.9. The number of thioether (sulfide) groups is 1. The van der Waals surface area contributed by atoms with Crippen molar-refractivity contribution in [2.45, 2.75) is 24.9 Å². The predicted octanol–water partition coefficient (Wildman–Crippen LogP) is 4.24. The van der Waals surface area contributed by atoms with Crippen LogP contribution in [-0.4, -0.2) is 20.5 Å². The van der Waals surface area contributed by atoms with Crippen LogP contribution in [0.2, 0.25) is 0 Å². The molecule has 0 bridgehead atoms. The molecule has 0 fully saturated rings. The van der Waals surface area contributed by atoms with Gasteiger partial charge in [0, 0.05) is 5.39 Å². The van der Waals surface area contributed by atoms with E-state index in [4.69, 9.17) is 4.52 Å². The number of nitrogens with zero attached hydrogens (tertiary/aromatic N) is 2. The van der Waals surface area contributed by atoms with Gasteiger partial charge in [0.05, 0.1) is 11.3 Å². The first-order valence-corrected chi connectivity index (χ1v) is 7.85. The molecule has 0 atom stereocenters. The van der Waals surface area contributed by atoms with E-state index in [1.54, 1.807) is 11.8 Å². The van der Waals surface area contributed by atoms with E-state index in [-0.39, 0.29) is 5.75 Å². The van der Waals surface area contributed by atoms with Crippen molar-refractivity contribution in [1.82, 2.24) is 10.1 Å². The van der Waals surface area contributed by atoms with Gasteiger partial charge in [-0.1, -0.05) is 49.3 Å². The van der Waals surface area contributed by atoms with Crippen molar-refractivity contribution < 1.29 is 9.63 Å². The highest BCUT2D eigenvalue weighted by Crippen LogP contribution is 2.35. The molecule has 3 rings (SSSR count). The van der Waals surface area contributed by atoms with Gasteiger partial charge in [-0.05, 0) is 16.7 Å². The first kappa shape index (κ1) is 13.9. The Kier molecular flexibility index (Phi) is 3.84. The molecule has 0 amide bonds. The zero-order valence-corrected chi connectivity index (χ0v) is 12.7. The number of hydrogen-bond acceptors (Lipinski definition) is 5. The highest BCUT2D eigenvalue weighted by Gasteiger charge is 2.15.